The second kappa shape index (κ2) is 9.58. The maximum atomic E-state index is 14.7. The monoisotopic (exact) mass is 504 g/mol. The molecule has 190 valence electrons. The number of hydrogen-bond acceptors (Lipinski definition) is 4. The number of aromatic nitrogens is 1. The third-order valence-corrected chi connectivity index (χ3v) is 6.38. The summed E-state index contributed by atoms with van der Waals surface area (Å²) in [5.41, 5.74) is 1.93. The molecule has 6 nitrogen and oxygen atoms in total. The summed E-state index contributed by atoms with van der Waals surface area (Å²) < 4.78 is 36.2. The van der Waals surface area contributed by atoms with Crippen molar-refractivity contribution >= 4 is 16.9 Å². The molecule has 0 unspecified atom stereocenters. The van der Waals surface area contributed by atoms with Crippen LogP contribution in [0.15, 0.2) is 48.5 Å². The number of carboxylic acid groups (broad SMARTS) is 1. The van der Waals surface area contributed by atoms with E-state index in [0.717, 1.165) is 6.07 Å². The highest BCUT2D eigenvalue weighted by Gasteiger charge is 2.33. The predicted molar refractivity (Wildman–Crippen MR) is 136 cm³/mol. The number of nitrogens with zero attached hydrogens (tertiary/aromatic N) is 2. The highest BCUT2D eigenvalue weighted by atomic mass is 19.1. The van der Waals surface area contributed by atoms with Crippen LogP contribution in [0.4, 0.5) is 8.78 Å². The van der Waals surface area contributed by atoms with Crippen LogP contribution in [-0.2, 0) is 5.41 Å². The average Bonchev–Trinajstić information content (AvgIpc) is 3.17. The van der Waals surface area contributed by atoms with Gasteiger partial charge in [0.05, 0.1) is 23.6 Å². The van der Waals surface area contributed by atoms with E-state index in [2.05, 4.69) is 6.07 Å². The van der Waals surface area contributed by atoms with Crippen LogP contribution in [0.25, 0.3) is 27.7 Å². The number of carbonyl (C=O) groups is 1. The quantitative estimate of drug-likeness (QED) is 0.286. The summed E-state index contributed by atoms with van der Waals surface area (Å²) in [5, 5.41) is 30.6. The summed E-state index contributed by atoms with van der Waals surface area (Å²) in [6.45, 7) is 7.27. The summed E-state index contributed by atoms with van der Waals surface area (Å²) in [6, 6.07) is 13.5. The van der Waals surface area contributed by atoms with Crippen LogP contribution in [0.3, 0.4) is 0 Å². The lowest BCUT2D eigenvalue weighted by atomic mass is 9.81. The fourth-order valence-corrected chi connectivity index (χ4v) is 4.73. The minimum Gasteiger partial charge on any atom is -0.507 e. The van der Waals surface area contributed by atoms with Gasteiger partial charge in [-0.3, -0.25) is 0 Å². The van der Waals surface area contributed by atoms with Crippen LogP contribution in [0, 0.1) is 29.9 Å². The zero-order valence-corrected chi connectivity index (χ0v) is 20.9. The van der Waals surface area contributed by atoms with Crippen LogP contribution >= 0.6 is 0 Å². The summed E-state index contributed by atoms with van der Waals surface area (Å²) in [7, 11) is 0. The number of phenols is 1. The largest absolute Gasteiger partial charge is 0.507 e. The van der Waals surface area contributed by atoms with Crippen molar-refractivity contribution in [1.82, 2.24) is 4.57 Å². The highest BCUT2D eigenvalue weighted by molar-refractivity contribution is 6.04. The Morgan fingerprint density at radius 3 is 2.49 bits per heavy atom. The molecule has 0 aliphatic carbocycles. The van der Waals surface area contributed by atoms with E-state index in [0.29, 0.717) is 39.0 Å². The minimum absolute atomic E-state index is 0.0309. The van der Waals surface area contributed by atoms with Gasteiger partial charge < -0.3 is 19.5 Å². The lowest BCUT2D eigenvalue weighted by molar-refractivity contribution is 0.0692. The molecule has 0 aliphatic rings. The van der Waals surface area contributed by atoms with E-state index in [9.17, 15) is 29.1 Å². The summed E-state index contributed by atoms with van der Waals surface area (Å²) >= 11 is 0. The Morgan fingerprint density at radius 2 is 1.86 bits per heavy atom. The molecule has 4 rings (SSSR count). The fourth-order valence-electron chi connectivity index (χ4n) is 4.73. The second-order valence-electron chi connectivity index (χ2n) is 9.48. The van der Waals surface area contributed by atoms with Crippen LogP contribution < -0.4 is 4.74 Å². The number of hydrogen-bond donors (Lipinski definition) is 2. The molecule has 0 bridgehead atoms. The SMILES string of the molecule is CCOc1cc(-c2c(C(C)(C)CC#N)n(-c3ccc(F)c(C)c3)c3cc(F)cc(O)c23)ccc1C(=O)O. The van der Waals surface area contributed by atoms with Crippen molar-refractivity contribution in [1.29, 1.82) is 5.26 Å². The molecular weight excluding hydrogens is 478 g/mol. The van der Waals surface area contributed by atoms with E-state index in [4.69, 9.17) is 4.74 Å². The van der Waals surface area contributed by atoms with Gasteiger partial charge in [-0.15, -0.1) is 0 Å². The van der Waals surface area contributed by atoms with Crippen molar-refractivity contribution in [3.63, 3.8) is 0 Å². The predicted octanol–water partition coefficient (Wildman–Crippen LogP) is 6.88. The maximum absolute atomic E-state index is 14.7. The van der Waals surface area contributed by atoms with Gasteiger partial charge in [-0.25, -0.2) is 13.6 Å². The van der Waals surface area contributed by atoms with Crippen LogP contribution in [-0.4, -0.2) is 27.4 Å². The van der Waals surface area contributed by atoms with Gasteiger partial charge in [0.1, 0.15) is 28.7 Å². The Bertz CT molecular complexity index is 1580. The lowest BCUT2D eigenvalue weighted by Crippen LogP contribution is -2.22. The third kappa shape index (κ3) is 4.49. The summed E-state index contributed by atoms with van der Waals surface area (Å²) in [6.07, 6.45) is 0.0747. The number of aromatic carboxylic acids is 1. The molecule has 8 heteroatoms. The number of phenolic OH excluding ortho intramolecular Hbond substituents is 1. The molecule has 3 aromatic carbocycles. The number of fused-ring (bicyclic) bond motifs is 1. The van der Waals surface area contributed by atoms with Crippen LogP contribution in [0.5, 0.6) is 11.5 Å². The zero-order chi connectivity index (χ0) is 27.1. The number of benzene rings is 3. The Balaban J connectivity index is 2.22. The molecule has 0 aliphatic heterocycles. The van der Waals surface area contributed by atoms with Gasteiger partial charge in [-0.2, -0.15) is 5.26 Å². The molecule has 1 aromatic heterocycles. The first-order chi connectivity index (χ1) is 17.5. The fraction of sp³-hybridized carbons (Fsp3) is 0.241. The highest BCUT2D eigenvalue weighted by Crippen LogP contribution is 2.48. The third-order valence-electron chi connectivity index (χ3n) is 6.38. The molecule has 37 heavy (non-hydrogen) atoms. The molecule has 0 atom stereocenters. The van der Waals surface area contributed by atoms with E-state index < -0.39 is 23.0 Å². The smallest absolute Gasteiger partial charge is 0.339 e. The average molecular weight is 505 g/mol. The molecular formula is C29H26F2N2O4. The molecule has 4 aromatic rings. The number of carboxylic acids is 1. The number of nitriles is 1. The van der Waals surface area contributed by atoms with E-state index in [1.54, 1.807) is 42.7 Å². The Kier molecular flexibility index (Phi) is 6.66. The second-order valence-corrected chi connectivity index (χ2v) is 9.48. The Hall–Kier alpha value is -4.38. The van der Waals surface area contributed by atoms with Crippen molar-refractivity contribution in [3.8, 4) is 34.4 Å². The van der Waals surface area contributed by atoms with Crippen molar-refractivity contribution in [2.24, 2.45) is 0 Å². The number of ether oxygens (including phenoxy) is 1. The first-order valence-corrected chi connectivity index (χ1v) is 11.7. The van der Waals surface area contributed by atoms with E-state index in [-0.39, 0.29) is 30.1 Å². The molecule has 1 heterocycles. The molecule has 0 saturated carbocycles. The number of halogens is 2. The molecule has 2 N–H and O–H groups in total. The van der Waals surface area contributed by atoms with Gasteiger partial charge in [-0.05, 0) is 61.4 Å². The topological polar surface area (TPSA) is 95.5 Å². The first-order valence-electron chi connectivity index (χ1n) is 11.7. The molecule has 0 amide bonds. The Morgan fingerprint density at radius 1 is 1.14 bits per heavy atom. The summed E-state index contributed by atoms with van der Waals surface area (Å²) in [5.74, 6) is -2.42. The van der Waals surface area contributed by atoms with Crippen molar-refractivity contribution in [3.05, 3.63) is 77.0 Å². The molecule has 0 saturated heterocycles. The van der Waals surface area contributed by atoms with Crippen LogP contribution in [0.1, 0.15) is 48.8 Å². The minimum atomic E-state index is -1.16. The van der Waals surface area contributed by atoms with Gasteiger partial charge >= 0.3 is 5.97 Å². The van der Waals surface area contributed by atoms with Gasteiger partial charge in [0.2, 0.25) is 0 Å². The first kappa shape index (κ1) is 25.7. The Labute approximate surface area is 213 Å². The molecule has 0 radical (unpaired) electrons. The van der Waals surface area contributed by atoms with Crippen LogP contribution in [0.2, 0.25) is 0 Å². The standard InChI is InChI=1S/C29H26F2N2O4/c1-5-37-24-13-17(6-8-20(24)28(35)36)25-26-22(14-18(30)15-23(26)34)33(27(25)29(3,4)10-11-32)19-7-9-21(31)16(2)12-19/h6-9,12-15,34H,5,10H2,1-4H3,(H,35,36). The van der Waals surface area contributed by atoms with Gasteiger partial charge in [0.25, 0.3) is 0 Å². The van der Waals surface area contributed by atoms with Crippen molar-refractivity contribution < 1.29 is 28.5 Å². The van der Waals surface area contributed by atoms with Crippen molar-refractivity contribution in [2.45, 2.75) is 39.5 Å². The van der Waals surface area contributed by atoms with Gasteiger partial charge in [-0.1, -0.05) is 19.9 Å². The lowest BCUT2D eigenvalue weighted by Gasteiger charge is -2.27. The number of rotatable bonds is 7. The van der Waals surface area contributed by atoms with Crippen molar-refractivity contribution in [2.75, 3.05) is 6.61 Å². The normalized spacial score (nSPS) is 11.5. The van der Waals surface area contributed by atoms with Gasteiger partial charge in [0, 0.05) is 34.8 Å². The number of aryl methyl sites for hydroxylation is 1. The van der Waals surface area contributed by atoms with E-state index in [1.165, 1.54) is 18.2 Å². The maximum Gasteiger partial charge on any atom is 0.339 e. The summed E-state index contributed by atoms with van der Waals surface area (Å²) in [4.78, 5) is 11.8. The number of aromatic hydroxyl groups is 1. The van der Waals surface area contributed by atoms with E-state index in [1.807, 2.05) is 13.8 Å². The van der Waals surface area contributed by atoms with Gasteiger partial charge in [0.15, 0.2) is 0 Å². The molecule has 0 fully saturated rings. The van der Waals surface area contributed by atoms with E-state index >= 15 is 0 Å². The zero-order valence-electron chi connectivity index (χ0n) is 20.9. The molecule has 0 spiro atoms.